The molecule has 0 aliphatic carbocycles. The average molecular weight is 283 g/mol. The Hall–Kier alpha value is -0.940. The summed E-state index contributed by atoms with van der Waals surface area (Å²) in [5, 5.41) is 6.01. The summed E-state index contributed by atoms with van der Waals surface area (Å²) in [6, 6.07) is 0. The fourth-order valence-electron chi connectivity index (χ4n) is 2.10. The highest BCUT2D eigenvalue weighted by Gasteiger charge is 2.15. The van der Waals surface area contributed by atoms with E-state index in [0.717, 1.165) is 11.4 Å². The minimum absolute atomic E-state index is 0.0968. The van der Waals surface area contributed by atoms with E-state index < -0.39 is 0 Å². The van der Waals surface area contributed by atoms with Gasteiger partial charge in [0.25, 0.3) is 0 Å². The summed E-state index contributed by atoms with van der Waals surface area (Å²) in [6.45, 7) is 7.61. The summed E-state index contributed by atoms with van der Waals surface area (Å²) in [5.74, 6) is 1.23. The Morgan fingerprint density at radius 3 is 2.74 bits per heavy atom. The van der Waals surface area contributed by atoms with Crippen molar-refractivity contribution in [1.29, 1.82) is 0 Å². The Kier molecular flexibility index (Phi) is 7.02. The van der Waals surface area contributed by atoms with E-state index in [2.05, 4.69) is 31.1 Å². The lowest BCUT2D eigenvalue weighted by atomic mass is 9.94. The monoisotopic (exact) mass is 283 g/mol. The number of hydrogen-bond donors (Lipinski definition) is 2. The van der Waals surface area contributed by atoms with Crippen LogP contribution in [0.1, 0.15) is 44.5 Å². The van der Waals surface area contributed by atoms with E-state index in [1.54, 1.807) is 17.5 Å². The summed E-state index contributed by atoms with van der Waals surface area (Å²) >= 11 is 1.63. The van der Waals surface area contributed by atoms with Gasteiger partial charge in [0, 0.05) is 30.5 Å². The zero-order chi connectivity index (χ0) is 14.3. The van der Waals surface area contributed by atoms with Gasteiger partial charge in [0.1, 0.15) is 0 Å². The third-order valence-corrected chi connectivity index (χ3v) is 4.10. The molecule has 1 aromatic rings. The molecule has 0 aromatic carbocycles. The first-order chi connectivity index (χ1) is 9.02. The maximum absolute atomic E-state index is 11.9. The van der Waals surface area contributed by atoms with Crippen molar-refractivity contribution >= 4 is 17.2 Å². The fourth-order valence-corrected chi connectivity index (χ4v) is 2.79. The van der Waals surface area contributed by atoms with Crippen LogP contribution in [0.25, 0.3) is 0 Å². The first kappa shape index (κ1) is 16.1. The van der Waals surface area contributed by atoms with E-state index in [4.69, 9.17) is 5.73 Å². The number of nitrogens with zero attached hydrogens (tertiary/aromatic N) is 1. The topological polar surface area (TPSA) is 68.0 Å². The number of nitrogens with one attached hydrogen (secondary N) is 1. The molecule has 19 heavy (non-hydrogen) atoms. The number of hydrogen-bond acceptors (Lipinski definition) is 4. The van der Waals surface area contributed by atoms with Gasteiger partial charge in [-0.3, -0.25) is 4.79 Å². The van der Waals surface area contributed by atoms with Crippen LogP contribution in [0.5, 0.6) is 0 Å². The quantitative estimate of drug-likeness (QED) is 0.769. The zero-order valence-electron chi connectivity index (χ0n) is 12.1. The van der Waals surface area contributed by atoms with Crippen LogP contribution >= 0.6 is 11.3 Å². The number of amides is 1. The van der Waals surface area contributed by atoms with Crippen LogP contribution in [0.3, 0.4) is 0 Å². The third kappa shape index (κ3) is 6.16. The number of aromatic nitrogens is 1. The van der Waals surface area contributed by atoms with Gasteiger partial charge >= 0.3 is 0 Å². The molecule has 5 heteroatoms. The molecule has 0 fully saturated rings. The standard InChI is InChI=1S/C14H25N3OS/c1-10(2)6-12(8-15)7-13(18)17-9-11(3)14-16-4-5-19-14/h4-5,10-12H,6-9,15H2,1-3H3,(H,17,18). The smallest absolute Gasteiger partial charge is 0.220 e. The molecule has 0 saturated heterocycles. The zero-order valence-corrected chi connectivity index (χ0v) is 12.9. The summed E-state index contributed by atoms with van der Waals surface area (Å²) in [4.78, 5) is 16.1. The molecule has 3 N–H and O–H groups in total. The SMILES string of the molecule is CC(C)CC(CN)CC(=O)NCC(C)c1nccs1. The molecule has 1 heterocycles. The van der Waals surface area contributed by atoms with Gasteiger partial charge in [-0.05, 0) is 24.8 Å². The third-order valence-electron chi connectivity index (χ3n) is 3.09. The van der Waals surface area contributed by atoms with Crippen molar-refractivity contribution in [3.8, 4) is 0 Å². The Balaban J connectivity index is 2.30. The molecule has 108 valence electrons. The van der Waals surface area contributed by atoms with Crippen LogP contribution in [0, 0.1) is 11.8 Å². The second-order valence-electron chi connectivity index (χ2n) is 5.51. The van der Waals surface area contributed by atoms with Crippen molar-refractivity contribution < 1.29 is 4.79 Å². The molecular formula is C14H25N3OS. The van der Waals surface area contributed by atoms with Crippen LogP contribution < -0.4 is 11.1 Å². The van der Waals surface area contributed by atoms with Gasteiger partial charge in [-0.1, -0.05) is 20.8 Å². The van der Waals surface area contributed by atoms with Gasteiger partial charge in [0.2, 0.25) is 5.91 Å². The van der Waals surface area contributed by atoms with Crippen LogP contribution in [0.2, 0.25) is 0 Å². The number of carbonyl (C=O) groups excluding carboxylic acids is 1. The molecule has 0 aliphatic heterocycles. The predicted molar refractivity (Wildman–Crippen MR) is 80.2 cm³/mol. The molecule has 0 bridgehead atoms. The van der Waals surface area contributed by atoms with Crippen molar-refractivity contribution in [1.82, 2.24) is 10.3 Å². The minimum atomic E-state index is 0.0968. The molecule has 0 spiro atoms. The van der Waals surface area contributed by atoms with Gasteiger partial charge < -0.3 is 11.1 Å². The molecule has 0 saturated carbocycles. The molecule has 0 radical (unpaired) electrons. The summed E-state index contributed by atoms with van der Waals surface area (Å²) in [6.07, 6.45) is 3.33. The van der Waals surface area contributed by atoms with Crippen molar-refractivity contribution in [2.24, 2.45) is 17.6 Å². The maximum Gasteiger partial charge on any atom is 0.220 e. The summed E-state index contributed by atoms with van der Waals surface area (Å²) in [5.41, 5.74) is 5.71. The number of thiazole rings is 1. The van der Waals surface area contributed by atoms with Crippen LogP contribution in [-0.4, -0.2) is 24.0 Å². The van der Waals surface area contributed by atoms with Gasteiger partial charge in [0.15, 0.2) is 0 Å². The Morgan fingerprint density at radius 1 is 1.47 bits per heavy atom. The summed E-state index contributed by atoms with van der Waals surface area (Å²) < 4.78 is 0. The van der Waals surface area contributed by atoms with Crippen LogP contribution in [0.4, 0.5) is 0 Å². The highest BCUT2D eigenvalue weighted by atomic mass is 32.1. The Morgan fingerprint density at radius 2 is 2.21 bits per heavy atom. The van der Waals surface area contributed by atoms with Gasteiger partial charge in [-0.25, -0.2) is 4.98 Å². The molecule has 1 aromatic heterocycles. The van der Waals surface area contributed by atoms with Crippen molar-refractivity contribution in [2.45, 2.75) is 39.5 Å². The molecule has 1 amide bonds. The lowest BCUT2D eigenvalue weighted by molar-refractivity contribution is -0.122. The highest BCUT2D eigenvalue weighted by molar-refractivity contribution is 7.09. The average Bonchev–Trinajstić information content (AvgIpc) is 2.88. The predicted octanol–water partition coefficient (Wildman–Crippen LogP) is 2.37. The van der Waals surface area contributed by atoms with E-state index in [1.165, 1.54) is 0 Å². The first-order valence-corrected chi connectivity index (χ1v) is 7.77. The molecule has 0 aliphatic rings. The van der Waals surface area contributed by atoms with E-state index in [-0.39, 0.29) is 17.7 Å². The number of rotatable bonds is 8. The van der Waals surface area contributed by atoms with Gasteiger partial charge in [-0.2, -0.15) is 0 Å². The maximum atomic E-state index is 11.9. The van der Waals surface area contributed by atoms with Crippen LogP contribution in [-0.2, 0) is 4.79 Å². The van der Waals surface area contributed by atoms with Crippen molar-refractivity contribution in [2.75, 3.05) is 13.1 Å². The Bertz CT molecular complexity index is 365. The number of carbonyl (C=O) groups is 1. The first-order valence-electron chi connectivity index (χ1n) is 6.89. The molecule has 1 rings (SSSR count). The highest BCUT2D eigenvalue weighted by Crippen LogP contribution is 2.17. The molecule has 2 atom stereocenters. The summed E-state index contributed by atoms with van der Waals surface area (Å²) in [7, 11) is 0. The van der Waals surface area contributed by atoms with E-state index in [9.17, 15) is 4.79 Å². The second kappa shape index (κ2) is 8.27. The lowest BCUT2D eigenvalue weighted by Gasteiger charge is -2.17. The van der Waals surface area contributed by atoms with E-state index >= 15 is 0 Å². The van der Waals surface area contributed by atoms with E-state index in [0.29, 0.717) is 25.4 Å². The Labute approximate surface area is 119 Å². The molecular weight excluding hydrogens is 258 g/mol. The van der Waals surface area contributed by atoms with Gasteiger partial charge in [0.05, 0.1) is 5.01 Å². The minimum Gasteiger partial charge on any atom is -0.355 e. The van der Waals surface area contributed by atoms with Crippen molar-refractivity contribution in [3.05, 3.63) is 16.6 Å². The van der Waals surface area contributed by atoms with Gasteiger partial charge in [-0.15, -0.1) is 11.3 Å². The van der Waals surface area contributed by atoms with Crippen LogP contribution in [0.15, 0.2) is 11.6 Å². The second-order valence-corrected chi connectivity index (χ2v) is 6.44. The normalized spacial score (nSPS) is 14.4. The van der Waals surface area contributed by atoms with E-state index in [1.807, 2.05) is 5.38 Å². The lowest BCUT2D eigenvalue weighted by Crippen LogP contribution is -2.31. The fraction of sp³-hybridized carbons (Fsp3) is 0.714. The molecule has 4 nitrogen and oxygen atoms in total. The number of nitrogens with two attached hydrogens (primary N) is 1. The molecule has 2 unspecified atom stereocenters. The van der Waals surface area contributed by atoms with Crippen molar-refractivity contribution in [3.63, 3.8) is 0 Å². The largest absolute Gasteiger partial charge is 0.355 e.